The standard InChI is InChI=1S/C15H14N2OS/c16-15(14-7-4-8-17-11-14)19-10-9-18-12-13-5-2-1-3-6-13/h1-11,16H,12H2/b10-9+,16-15?. The molecule has 2 rings (SSSR count). The van der Waals surface area contributed by atoms with Crippen molar-refractivity contribution in [1.82, 2.24) is 4.98 Å². The monoisotopic (exact) mass is 270 g/mol. The molecule has 1 N–H and O–H groups in total. The smallest absolute Gasteiger partial charge is 0.112 e. The van der Waals surface area contributed by atoms with Gasteiger partial charge >= 0.3 is 0 Å². The first-order valence-corrected chi connectivity index (χ1v) is 6.70. The fourth-order valence-electron chi connectivity index (χ4n) is 1.42. The lowest BCUT2D eigenvalue weighted by molar-refractivity contribution is 0.237. The molecule has 0 atom stereocenters. The number of aromatic nitrogens is 1. The molecule has 4 heteroatoms. The normalized spacial score (nSPS) is 10.5. The molecule has 0 spiro atoms. The van der Waals surface area contributed by atoms with E-state index in [0.29, 0.717) is 11.7 Å². The maximum Gasteiger partial charge on any atom is 0.112 e. The van der Waals surface area contributed by atoms with Crippen LogP contribution in [0.15, 0.2) is 66.5 Å². The van der Waals surface area contributed by atoms with Gasteiger partial charge in [0.15, 0.2) is 0 Å². The molecule has 0 saturated carbocycles. The molecule has 3 nitrogen and oxygen atoms in total. The van der Waals surface area contributed by atoms with Crippen LogP contribution in [0, 0.1) is 5.41 Å². The number of ether oxygens (including phenoxy) is 1. The molecule has 0 fully saturated rings. The van der Waals surface area contributed by atoms with E-state index >= 15 is 0 Å². The summed E-state index contributed by atoms with van der Waals surface area (Å²) in [7, 11) is 0. The summed E-state index contributed by atoms with van der Waals surface area (Å²) in [5.41, 5.74) is 1.93. The van der Waals surface area contributed by atoms with E-state index in [4.69, 9.17) is 10.1 Å². The highest BCUT2D eigenvalue weighted by Gasteiger charge is 1.98. The summed E-state index contributed by atoms with van der Waals surface area (Å²) in [5, 5.41) is 10.1. The van der Waals surface area contributed by atoms with Gasteiger partial charge in [0, 0.05) is 23.4 Å². The molecule has 96 valence electrons. The fourth-order valence-corrected chi connectivity index (χ4v) is 1.95. The first-order chi connectivity index (χ1) is 9.36. The van der Waals surface area contributed by atoms with Gasteiger partial charge < -0.3 is 4.74 Å². The van der Waals surface area contributed by atoms with Crippen LogP contribution in [-0.2, 0) is 11.3 Å². The summed E-state index contributed by atoms with van der Waals surface area (Å²) in [6.45, 7) is 0.540. The molecule has 0 radical (unpaired) electrons. The van der Waals surface area contributed by atoms with Gasteiger partial charge in [-0.25, -0.2) is 0 Å². The van der Waals surface area contributed by atoms with Crippen molar-refractivity contribution in [3.8, 4) is 0 Å². The van der Waals surface area contributed by atoms with Crippen LogP contribution in [0.5, 0.6) is 0 Å². The van der Waals surface area contributed by atoms with E-state index in [1.165, 1.54) is 11.8 Å². The summed E-state index contributed by atoms with van der Waals surface area (Å²) in [6.07, 6.45) is 4.98. The van der Waals surface area contributed by atoms with E-state index in [9.17, 15) is 0 Å². The lowest BCUT2D eigenvalue weighted by atomic mass is 10.2. The number of thioether (sulfide) groups is 1. The van der Waals surface area contributed by atoms with Crippen LogP contribution >= 0.6 is 11.8 Å². The molecule has 19 heavy (non-hydrogen) atoms. The quantitative estimate of drug-likeness (QED) is 0.510. The van der Waals surface area contributed by atoms with Crippen molar-refractivity contribution in [3.05, 3.63) is 77.7 Å². The zero-order valence-electron chi connectivity index (χ0n) is 10.3. The predicted molar refractivity (Wildman–Crippen MR) is 79.0 cm³/mol. The lowest BCUT2D eigenvalue weighted by Gasteiger charge is -2.01. The zero-order valence-corrected chi connectivity index (χ0v) is 11.1. The molecule has 0 aliphatic carbocycles. The molecule has 0 amide bonds. The van der Waals surface area contributed by atoms with E-state index in [1.807, 2.05) is 42.5 Å². The number of rotatable bonds is 5. The van der Waals surface area contributed by atoms with Gasteiger partial charge in [0.25, 0.3) is 0 Å². The largest absolute Gasteiger partial charge is 0.496 e. The third-order valence-electron chi connectivity index (χ3n) is 2.35. The second kappa shape index (κ2) is 7.38. The minimum Gasteiger partial charge on any atom is -0.496 e. The van der Waals surface area contributed by atoms with Crippen LogP contribution in [0.2, 0.25) is 0 Å². The molecule has 1 aromatic carbocycles. The molecular weight excluding hydrogens is 256 g/mol. The lowest BCUT2D eigenvalue weighted by Crippen LogP contribution is -1.91. The van der Waals surface area contributed by atoms with E-state index in [0.717, 1.165) is 11.1 Å². The predicted octanol–water partition coefficient (Wildman–Crippen LogP) is 3.83. The first-order valence-electron chi connectivity index (χ1n) is 5.82. The molecule has 2 aromatic rings. The van der Waals surface area contributed by atoms with Gasteiger partial charge in [-0.1, -0.05) is 42.1 Å². The van der Waals surface area contributed by atoms with Crippen LogP contribution in [0.3, 0.4) is 0 Å². The second-order valence-corrected chi connectivity index (χ2v) is 4.67. The van der Waals surface area contributed by atoms with E-state index in [2.05, 4.69) is 4.98 Å². The Morgan fingerprint density at radius 2 is 2.05 bits per heavy atom. The number of pyridine rings is 1. The molecule has 0 bridgehead atoms. The molecule has 0 unspecified atom stereocenters. The van der Waals surface area contributed by atoms with Gasteiger partial charge in [-0.05, 0) is 17.7 Å². The third-order valence-corrected chi connectivity index (χ3v) is 3.07. The van der Waals surface area contributed by atoms with Crippen molar-refractivity contribution >= 4 is 16.8 Å². The number of benzene rings is 1. The number of nitrogens with zero attached hydrogens (tertiary/aromatic N) is 1. The van der Waals surface area contributed by atoms with Gasteiger partial charge in [0.05, 0.1) is 6.26 Å². The Bertz CT molecular complexity index is 541. The number of nitrogens with one attached hydrogen (secondary N) is 1. The Kier molecular flexibility index (Phi) is 5.19. The van der Waals surface area contributed by atoms with Crippen LogP contribution in [0.4, 0.5) is 0 Å². The summed E-state index contributed by atoms with van der Waals surface area (Å²) in [6, 6.07) is 13.6. The van der Waals surface area contributed by atoms with E-state index in [1.54, 1.807) is 24.1 Å². The highest BCUT2D eigenvalue weighted by molar-refractivity contribution is 8.16. The Labute approximate surface area is 116 Å². The highest BCUT2D eigenvalue weighted by Crippen LogP contribution is 2.12. The van der Waals surface area contributed by atoms with Crippen molar-refractivity contribution in [2.24, 2.45) is 0 Å². The van der Waals surface area contributed by atoms with Gasteiger partial charge in [0.2, 0.25) is 0 Å². The van der Waals surface area contributed by atoms with Crippen molar-refractivity contribution in [2.45, 2.75) is 6.61 Å². The van der Waals surface area contributed by atoms with Crippen molar-refractivity contribution < 1.29 is 4.74 Å². The SMILES string of the molecule is N=C(S/C=C/OCc1ccccc1)c1cccnc1. The Morgan fingerprint density at radius 3 is 2.79 bits per heavy atom. The Morgan fingerprint density at radius 1 is 1.21 bits per heavy atom. The summed E-state index contributed by atoms with van der Waals surface area (Å²) >= 11 is 1.30. The van der Waals surface area contributed by atoms with E-state index in [-0.39, 0.29) is 0 Å². The number of hydrogen-bond donors (Lipinski definition) is 1. The Hall–Kier alpha value is -2.07. The summed E-state index contributed by atoms with van der Waals surface area (Å²) in [4.78, 5) is 3.98. The molecule has 0 aliphatic rings. The molecule has 0 aliphatic heterocycles. The van der Waals surface area contributed by atoms with E-state index < -0.39 is 0 Å². The van der Waals surface area contributed by atoms with Crippen molar-refractivity contribution in [2.75, 3.05) is 0 Å². The average Bonchev–Trinajstić information content (AvgIpc) is 2.49. The molecule has 1 heterocycles. The molecular formula is C15H14N2OS. The fraction of sp³-hybridized carbons (Fsp3) is 0.0667. The van der Waals surface area contributed by atoms with Crippen LogP contribution in [-0.4, -0.2) is 10.0 Å². The van der Waals surface area contributed by atoms with Crippen LogP contribution < -0.4 is 0 Å². The summed E-state index contributed by atoms with van der Waals surface area (Å²) < 4.78 is 5.39. The van der Waals surface area contributed by atoms with Crippen molar-refractivity contribution in [1.29, 1.82) is 5.41 Å². The minimum absolute atomic E-state index is 0.452. The second-order valence-electron chi connectivity index (χ2n) is 3.76. The van der Waals surface area contributed by atoms with Crippen LogP contribution in [0.1, 0.15) is 11.1 Å². The highest BCUT2D eigenvalue weighted by atomic mass is 32.2. The van der Waals surface area contributed by atoms with Crippen molar-refractivity contribution in [3.63, 3.8) is 0 Å². The molecule has 0 saturated heterocycles. The van der Waals surface area contributed by atoms with Gasteiger partial charge in [-0.15, -0.1) is 0 Å². The van der Waals surface area contributed by atoms with Gasteiger partial charge in [0.1, 0.15) is 11.7 Å². The topological polar surface area (TPSA) is 46.0 Å². The maximum absolute atomic E-state index is 7.85. The number of hydrogen-bond acceptors (Lipinski definition) is 4. The van der Waals surface area contributed by atoms with Gasteiger partial charge in [-0.3, -0.25) is 10.4 Å². The Balaban J connectivity index is 1.74. The zero-order chi connectivity index (χ0) is 13.3. The third kappa shape index (κ3) is 4.60. The maximum atomic E-state index is 7.85. The average molecular weight is 270 g/mol. The molecule has 1 aromatic heterocycles. The summed E-state index contributed by atoms with van der Waals surface area (Å²) in [5.74, 6) is 0. The van der Waals surface area contributed by atoms with Gasteiger partial charge in [-0.2, -0.15) is 0 Å². The first kappa shape index (κ1) is 13.4. The minimum atomic E-state index is 0.452. The van der Waals surface area contributed by atoms with Crippen LogP contribution in [0.25, 0.3) is 0 Å².